The van der Waals surface area contributed by atoms with Crippen LogP contribution < -0.4 is 5.32 Å². The van der Waals surface area contributed by atoms with E-state index in [1.807, 2.05) is 57.2 Å². The normalized spacial score (nSPS) is 12.0. The van der Waals surface area contributed by atoms with Gasteiger partial charge in [0.1, 0.15) is 0 Å². The van der Waals surface area contributed by atoms with Crippen LogP contribution in [0.5, 0.6) is 0 Å². The van der Waals surface area contributed by atoms with Gasteiger partial charge >= 0.3 is 0 Å². The molecule has 116 valence electrons. The van der Waals surface area contributed by atoms with Gasteiger partial charge < -0.3 is 5.32 Å². The van der Waals surface area contributed by atoms with Crippen LogP contribution in [0.3, 0.4) is 0 Å². The van der Waals surface area contributed by atoms with Gasteiger partial charge in [-0.2, -0.15) is 0 Å². The molecule has 0 radical (unpaired) electrons. The molecular formula is C18H20ClNOS. The second-order valence-electron chi connectivity index (χ2n) is 5.33. The van der Waals surface area contributed by atoms with Crippen LogP contribution in [0.15, 0.2) is 47.4 Å². The Morgan fingerprint density at radius 2 is 1.73 bits per heavy atom. The number of hydrogen-bond donors (Lipinski definition) is 1. The molecule has 22 heavy (non-hydrogen) atoms. The summed E-state index contributed by atoms with van der Waals surface area (Å²) in [5.74, 6) is 0.0347. The van der Waals surface area contributed by atoms with E-state index in [0.29, 0.717) is 5.02 Å². The van der Waals surface area contributed by atoms with E-state index in [0.717, 1.165) is 28.1 Å². The number of hydrogen-bond acceptors (Lipinski definition) is 2. The summed E-state index contributed by atoms with van der Waals surface area (Å²) >= 11 is 7.46. The van der Waals surface area contributed by atoms with Crippen molar-refractivity contribution in [2.45, 2.75) is 37.3 Å². The number of aryl methyl sites for hydroxylation is 2. The highest BCUT2D eigenvalue weighted by Crippen LogP contribution is 2.27. The van der Waals surface area contributed by atoms with Gasteiger partial charge in [-0.15, -0.1) is 11.8 Å². The van der Waals surface area contributed by atoms with Crippen LogP contribution in [0.2, 0.25) is 5.02 Å². The average molecular weight is 334 g/mol. The molecule has 0 heterocycles. The van der Waals surface area contributed by atoms with Crippen LogP contribution in [0, 0.1) is 13.8 Å². The molecule has 0 aromatic heterocycles. The van der Waals surface area contributed by atoms with Crippen LogP contribution in [-0.4, -0.2) is 11.2 Å². The van der Waals surface area contributed by atoms with Crippen LogP contribution in [-0.2, 0) is 4.79 Å². The van der Waals surface area contributed by atoms with Gasteiger partial charge in [-0.25, -0.2) is 0 Å². The molecule has 0 aliphatic carbocycles. The van der Waals surface area contributed by atoms with Crippen molar-refractivity contribution in [3.63, 3.8) is 0 Å². The minimum absolute atomic E-state index is 0.0347. The summed E-state index contributed by atoms with van der Waals surface area (Å²) in [5.41, 5.74) is 3.15. The van der Waals surface area contributed by atoms with Gasteiger partial charge in [-0.3, -0.25) is 4.79 Å². The van der Waals surface area contributed by atoms with Crippen LogP contribution >= 0.6 is 23.4 Å². The molecule has 2 nitrogen and oxygen atoms in total. The predicted octanol–water partition coefficient (Wildman–Crippen LogP) is 5.47. The summed E-state index contributed by atoms with van der Waals surface area (Å²) in [6.45, 7) is 6.08. The molecule has 2 rings (SSSR count). The molecular weight excluding hydrogens is 314 g/mol. The molecule has 0 aliphatic heterocycles. The van der Waals surface area contributed by atoms with E-state index in [4.69, 9.17) is 11.6 Å². The van der Waals surface area contributed by atoms with Crippen molar-refractivity contribution in [3.8, 4) is 0 Å². The van der Waals surface area contributed by atoms with Crippen molar-refractivity contribution < 1.29 is 4.79 Å². The highest BCUT2D eigenvalue weighted by atomic mass is 35.5. The van der Waals surface area contributed by atoms with Gasteiger partial charge in [-0.1, -0.05) is 24.6 Å². The summed E-state index contributed by atoms with van der Waals surface area (Å²) in [7, 11) is 0. The SMILES string of the molecule is CC[C@H](Sc1ccc(Cl)cc1)C(=O)Nc1cc(C)cc(C)c1. The molecule has 0 saturated carbocycles. The average Bonchev–Trinajstić information content (AvgIpc) is 2.45. The number of carbonyl (C=O) groups is 1. The Balaban J connectivity index is 2.06. The highest BCUT2D eigenvalue weighted by Gasteiger charge is 2.18. The van der Waals surface area contributed by atoms with Crippen molar-refractivity contribution in [1.82, 2.24) is 0 Å². The van der Waals surface area contributed by atoms with Crippen LogP contribution in [0.4, 0.5) is 5.69 Å². The van der Waals surface area contributed by atoms with E-state index < -0.39 is 0 Å². The van der Waals surface area contributed by atoms with E-state index in [9.17, 15) is 4.79 Å². The lowest BCUT2D eigenvalue weighted by Gasteiger charge is -2.15. The van der Waals surface area contributed by atoms with E-state index in [1.54, 1.807) is 11.8 Å². The number of thioether (sulfide) groups is 1. The molecule has 0 saturated heterocycles. The van der Waals surface area contributed by atoms with Gasteiger partial charge in [0.05, 0.1) is 5.25 Å². The third-order valence-corrected chi connectivity index (χ3v) is 4.87. The number of halogens is 1. The van der Waals surface area contributed by atoms with E-state index in [-0.39, 0.29) is 11.2 Å². The largest absolute Gasteiger partial charge is 0.325 e. The van der Waals surface area contributed by atoms with Gasteiger partial charge in [0.2, 0.25) is 5.91 Å². The maximum Gasteiger partial charge on any atom is 0.237 e. The Labute approximate surface area is 141 Å². The Morgan fingerprint density at radius 3 is 2.27 bits per heavy atom. The summed E-state index contributed by atoms with van der Waals surface area (Å²) in [4.78, 5) is 13.5. The quantitative estimate of drug-likeness (QED) is 0.735. The standard InChI is InChI=1S/C18H20ClNOS/c1-4-17(22-16-7-5-14(19)6-8-16)18(21)20-15-10-12(2)9-13(3)11-15/h5-11,17H,4H2,1-3H3,(H,20,21)/t17-/m0/s1. The Morgan fingerprint density at radius 1 is 1.14 bits per heavy atom. The lowest BCUT2D eigenvalue weighted by atomic mass is 10.1. The fourth-order valence-corrected chi connectivity index (χ4v) is 3.35. The number of carbonyl (C=O) groups excluding carboxylic acids is 1. The minimum Gasteiger partial charge on any atom is -0.325 e. The maximum absolute atomic E-state index is 12.5. The smallest absolute Gasteiger partial charge is 0.237 e. The van der Waals surface area contributed by atoms with Crippen molar-refractivity contribution in [2.75, 3.05) is 5.32 Å². The Bertz CT molecular complexity index is 634. The first-order valence-electron chi connectivity index (χ1n) is 7.29. The molecule has 0 spiro atoms. The van der Waals surface area contributed by atoms with Crippen molar-refractivity contribution in [3.05, 3.63) is 58.6 Å². The molecule has 2 aromatic rings. The lowest BCUT2D eigenvalue weighted by Crippen LogP contribution is -2.24. The zero-order chi connectivity index (χ0) is 16.1. The predicted molar refractivity (Wildman–Crippen MR) is 95.9 cm³/mol. The molecule has 1 atom stereocenters. The summed E-state index contributed by atoms with van der Waals surface area (Å²) in [6, 6.07) is 13.7. The maximum atomic E-state index is 12.5. The van der Waals surface area contributed by atoms with Crippen LogP contribution in [0.25, 0.3) is 0 Å². The number of amides is 1. The van der Waals surface area contributed by atoms with Gasteiger partial charge in [0.25, 0.3) is 0 Å². The first-order valence-corrected chi connectivity index (χ1v) is 8.55. The highest BCUT2D eigenvalue weighted by molar-refractivity contribution is 8.00. The fraction of sp³-hybridized carbons (Fsp3) is 0.278. The Hall–Kier alpha value is -1.45. The second-order valence-corrected chi connectivity index (χ2v) is 7.05. The molecule has 4 heteroatoms. The molecule has 0 aliphatic rings. The van der Waals surface area contributed by atoms with Crippen molar-refractivity contribution in [2.24, 2.45) is 0 Å². The third-order valence-electron chi connectivity index (χ3n) is 3.24. The zero-order valence-electron chi connectivity index (χ0n) is 13.0. The summed E-state index contributed by atoms with van der Waals surface area (Å²) in [5, 5.41) is 3.60. The summed E-state index contributed by atoms with van der Waals surface area (Å²) in [6.07, 6.45) is 0.768. The van der Waals surface area contributed by atoms with E-state index >= 15 is 0 Å². The molecule has 0 unspecified atom stereocenters. The molecule has 1 amide bonds. The number of benzene rings is 2. The summed E-state index contributed by atoms with van der Waals surface area (Å²) < 4.78 is 0. The second kappa shape index (κ2) is 7.70. The van der Waals surface area contributed by atoms with E-state index in [1.165, 1.54) is 0 Å². The van der Waals surface area contributed by atoms with Crippen molar-refractivity contribution in [1.29, 1.82) is 0 Å². The first-order chi connectivity index (χ1) is 10.5. The third kappa shape index (κ3) is 4.79. The molecule has 2 aromatic carbocycles. The zero-order valence-corrected chi connectivity index (χ0v) is 14.6. The van der Waals surface area contributed by atoms with Gasteiger partial charge in [-0.05, 0) is 67.8 Å². The Kier molecular flexibility index (Phi) is 5.92. The molecule has 0 fully saturated rings. The van der Waals surface area contributed by atoms with Crippen LogP contribution in [0.1, 0.15) is 24.5 Å². The topological polar surface area (TPSA) is 29.1 Å². The lowest BCUT2D eigenvalue weighted by molar-refractivity contribution is -0.115. The number of anilines is 1. The first kappa shape index (κ1) is 16.9. The monoisotopic (exact) mass is 333 g/mol. The van der Waals surface area contributed by atoms with Gasteiger partial charge in [0.15, 0.2) is 0 Å². The number of rotatable bonds is 5. The molecule has 0 bridgehead atoms. The van der Waals surface area contributed by atoms with Crippen molar-refractivity contribution >= 4 is 35.0 Å². The van der Waals surface area contributed by atoms with Gasteiger partial charge in [0, 0.05) is 15.6 Å². The molecule has 1 N–H and O–H groups in total. The fourth-order valence-electron chi connectivity index (χ4n) is 2.27. The number of nitrogens with one attached hydrogen (secondary N) is 1. The minimum atomic E-state index is -0.123. The van der Waals surface area contributed by atoms with E-state index in [2.05, 4.69) is 11.4 Å².